The molecule has 3 aliphatic rings. The van der Waals surface area contributed by atoms with Crippen molar-refractivity contribution >= 4 is 18.1 Å². The molecular weight excluding hydrogens is 444 g/mol. The van der Waals surface area contributed by atoms with Gasteiger partial charge in [0.15, 0.2) is 0 Å². The number of hydrogen-bond acceptors (Lipinski definition) is 5. The first kappa shape index (κ1) is 28.3. The Morgan fingerprint density at radius 2 is 1.72 bits per heavy atom. The van der Waals surface area contributed by atoms with Gasteiger partial charge in [-0.2, -0.15) is 0 Å². The van der Waals surface area contributed by atoms with E-state index >= 15 is 0 Å². The third-order valence-electron chi connectivity index (χ3n) is 7.77. The van der Waals surface area contributed by atoms with Crippen molar-refractivity contribution < 1.29 is 0 Å². The largest absolute Gasteiger partial charge is 0.333 e. The van der Waals surface area contributed by atoms with Crippen molar-refractivity contribution in [1.82, 2.24) is 15.1 Å². The Labute approximate surface area is 219 Å². The zero-order chi connectivity index (χ0) is 25.8. The van der Waals surface area contributed by atoms with Crippen molar-refractivity contribution in [2.24, 2.45) is 21.6 Å². The fourth-order valence-electron chi connectivity index (χ4n) is 5.46. The molecule has 1 aliphatic carbocycles. The first-order valence-electron chi connectivity index (χ1n) is 14.0. The first-order chi connectivity index (χ1) is 17.7. The molecule has 6 nitrogen and oxygen atoms in total. The number of hydrogen-bond donors (Lipinski definition) is 2. The van der Waals surface area contributed by atoms with Gasteiger partial charge in [-0.25, -0.2) is 0 Å². The molecule has 1 saturated heterocycles. The van der Waals surface area contributed by atoms with Gasteiger partial charge in [0, 0.05) is 68.9 Å². The molecule has 6 heteroatoms. The van der Waals surface area contributed by atoms with Crippen LogP contribution in [-0.2, 0) is 6.54 Å². The minimum absolute atomic E-state index is 0.534. The Kier molecular flexibility index (Phi) is 11.9. The lowest BCUT2D eigenvalue weighted by atomic mass is 9.94. The Balaban J connectivity index is 0.00000176. The summed E-state index contributed by atoms with van der Waals surface area (Å²) in [6.45, 7) is 14.7. The molecule has 2 aliphatic heterocycles. The maximum absolute atomic E-state index is 5.21. The van der Waals surface area contributed by atoms with E-state index in [9.17, 15) is 0 Å². The zero-order valence-electron chi connectivity index (χ0n) is 22.9. The molecule has 2 heterocycles. The van der Waals surface area contributed by atoms with Crippen LogP contribution < -0.4 is 11.1 Å². The van der Waals surface area contributed by atoms with E-state index in [1.807, 2.05) is 6.20 Å². The lowest BCUT2D eigenvalue weighted by Gasteiger charge is -2.31. The Bertz CT molecular complexity index is 885. The number of aliphatic imine (C=N–C) groups is 2. The van der Waals surface area contributed by atoms with Crippen molar-refractivity contribution in [3.8, 4) is 0 Å². The van der Waals surface area contributed by atoms with Crippen LogP contribution in [0.15, 0.2) is 52.2 Å². The molecule has 0 spiro atoms. The van der Waals surface area contributed by atoms with Crippen molar-refractivity contribution in [1.29, 1.82) is 0 Å². The van der Waals surface area contributed by atoms with Crippen molar-refractivity contribution in [3.63, 3.8) is 0 Å². The molecule has 0 aromatic heterocycles. The summed E-state index contributed by atoms with van der Waals surface area (Å²) in [7, 11) is 1.50. The third kappa shape index (κ3) is 7.37. The predicted octanol–water partition coefficient (Wildman–Crippen LogP) is 5.08. The van der Waals surface area contributed by atoms with Crippen LogP contribution >= 0.6 is 0 Å². The van der Waals surface area contributed by atoms with Gasteiger partial charge >= 0.3 is 0 Å². The molecule has 1 aromatic rings. The van der Waals surface area contributed by atoms with Gasteiger partial charge in [-0.15, -0.1) is 0 Å². The van der Waals surface area contributed by atoms with Crippen molar-refractivity contribution in [2.45, 2.75) is 71.4 Å². The van der Waals surface area contributed by atoms with E-state index in [0.29, 0.717) is 12.0 Å². The number of rotatable bonds is 9. The van der Waals surface area contributed by atoms with Gasteiger partial charge in [-0.1, -0.05) is 70.2 Å². The Hall–Kier alpha value is -2.28. The fourth-order valence-corrected chi connectivity index (χ4v) is 5.46. The molecule has 0 amide bonds. The second-order valence-electron chi connectivity index (χ2n) is 10.0. The van der Waals surface area contributed by atoms with Gasteiger partial charge in [-0.3, -0.25) is 14.9 Å². The summed E-state index contributed by atoms with van der Waals surface area (Å²) in [6.07, 6.45) is 13.1. The number of amidine groups is 1. The second kappa shape index (κ2) is 15.1. The van der Waals surface area contributed by atoms with Crippen molar-refractivity contribution in [2.75, 3.05) is 39.8 Å². The summed E-state index contributed by atoms with van der Waals surface area (Å²) >= 11 is 0. The minimum atomic E-state index is 0.534. The molecule has 1 saturated carbocycles. The second-order valence-corrected chi connectivity index (χ2v) is 10.0. The monoisotopic (exact) mass is 492 g/mol. The summed E-state index contributed by atoms with van der Waals surface area (Å²) in [5.74, 6) is 1.73. The SMILES string of the molecule is C=N/C=C1/C(c2ccc(CN3CCNCC3)cc2)=CN(C2CCCCC2)C1=NCC(CC)CC.CN. The molecule has 198 valence electrons. The summed E-state index contributed by atoms with van der Waals surface area (Å²) < 4.78 is 0. The normalized spacial score (nSPS) is 21.6. The van der Waals surface area contributed by atoms with Crippen LogP contribution in [0.4, 0.5) is 0 Å². The molecule has 0 unspecified atom stereocenters. The van der Waals surface area contributed by atoms with Gasteiger partial charge in [-0.05, 0) is 43.7 Å². The van der Waals surface area contributed by atoms with Crippen LogP contribution in [0, 0.1) is 5.92 Å². The van der Waals surface area contributed by atoms with Crippen LogP contribution in [-0.4, -0.2) is 68.2 Å². The number of piperazine rings is 1. The van der Waals surface area contributed by atoms with Gasteiger partial charge < -0.3 is 16.0 Å². The quantitative estimate of drug-likeness (QED) is 0.472. The zero-order valence-corrected chi connectivity index (χ0v) is 22.9. The van der Waals surface area contributed by atoms with E-state index in [2.05, 4.69) is 76.9 Å². The molecule has 36 heavy (non-hydrogen) atoms. The van der Waals surface area contributed by atoms with E-state index < -0.39 is 0 Å². The number of nitrogens with two attached hydrogens (primary N) is 1. The van der Waals surface area contributed by atoms with Crippen LogP contribution in [0.25, 0.3) is 5.57 Å². The van der Waals surface area contributed by atoms with E-state index in [0.717, 1.165) is 50.7 Å². The fraction of sp³-hybridized carbons (Fsp3) is 0.600. The highest BCUT2D eigenvalue weighted by Crippen LogP contribution is 2.37. The van der Waals surface area contributed by atoms with Gasteiger partial charge in [0.25, 0.3) is 0 Å². The number of nitrogens with one attached hydrogen (secondary N) is 1. The maximum atomic E-state index is 5.21. The molecule has 2 fully saturated rings. The summed E-state index contributed by atoms with van der Waals surface area (Å²) in [4.78, 5) is 14.4. The van der Waals surface area contributed by atoms with Gasteiger partial charge in [0.05, 0.1) is 0 Å². The Morgan fingerprint density at radius 3 is 2.33 bits per heavy atom. The lowest BCUT2D eigenvalue weighted by molar-refractivity contribution is 0.233. The molecule has 0 bridgehead atoms. The summed E-state index contributed by atoms with van der Waals surface area (Å²) in [6, 6.07) is 9.68. The third-order valence-corrected chi connectivity index (χ3v) is 7.77. The van der Waals surface area contributed by atoms with Crippen LogP contribution in [0.1, 0.15) is 69.9 Å². The smallest absolute Gasteiger partial charge is 0.137 e. The highest BCUT2D eigenvalue weighted by atomic mass is 15.2. The number of nitrogens with zero attached hydrogens (tertiary/aromatic N) is 4. The molecule has 4 rings (SSSR count). The van der Waals surface area contributed by atoms with Gasteiger partial charge in [0.2, 0.25) is 0 Å². The standard InChI is InChI=1S/C29H43N5.CH5N/c1-4-23(5-2)19-32-29-27(20-30-3)28(22-34(29)26-9-7-6-8-10-26)25-13-11-24(12-14-25)21-33-17-15-31-16-18-33;1-2/h11-14,20,22-23,26,31H,3-10,15-19,21H2,1-2H3;2H2,1H3/b27-20-,32-29?;. The van der Waals surface area contributed by atoms with Gasteiger partial charge in [0.1, 0.15) is 5.84 Å². The lowest BCUT2D eigenvalue weighted by Crippen LogP contribution is -2.42. The highest BCUT2D eigenvalue weighted by molar-refractivity contribution is 6.16. The van der Waals surface area contributed by atoms with E-state index in [1.165, 1.54) is 68.7 Å². The van der Waals surface area contributed by atoms with E-state index in [-0.39, 0.29) is 0 Å². The maximum Gasteiger partial charge on any atom is 0.137 e. The average molecular weight is 493 g/mol. The van der Waals surface area contributed by atoms with Crippen LogP contribution in [0.3, 0.4) is 0 Å². The van der Waals surface area contributed by atoms with Crippen LogP contribution in [0.2, 0.25) is 0 Å². The van der Waals surface area contributed by atoms with E-state index in [4.69, 9.17) is 4.99 Å². The molecule has 1 aromatic carbocycles. The summed E-state index contributed by atoms with van der Waals surface area (Å²) in [5.41, 5.74) is 9.48. The van der Waals surface area contributed by atoms with Crippen molar-refractivity contribution in [3.05, 3.63) is 53.4 Å². The average Bonchev–Trinajstić information content (AvgIpc) is 3.30. The molecular formula is C30H48N6. The highest BCUT2D eigenvalue weighted by Gasteiger charge is 2.32. The van der Waals surface area contributed by atoms with E-state index in [1.54, 1.807) is 0 Å². The topological polar surface area (TPSA) is 69.2 Å². The first-order valence-corrected chi connectivity index (χ1v) is 14.0. The molecule has 3 N–H and O–H groups in total. The predicted molar refractivity (Wildman–Crippen MR) is 155 cm³/mol. The summed E-state index contributed by atoms with van der Waals surface area (Å²) in [5, 5.41) is 3.44. The minimum Gasteiger partial charge on any atom is -0.333 e. The van der Waals surface area contributed by atoms with Crippen LogP contribution in [0.5, 0.6) is 0 Å². The molecule has 0 radical (unpaired) electrons. The molecule has 0 atom stereocenters. The Morgan fingerprint density at radius 1 is 1.06 bits per heavy atom. The number of benzene rings is 1.